The summed E-state index contributed by atoms with van der Waals surface area (Å²) in [6.45, 7) is 1.63. The number of aromatic amines is 1. The van der Waals surface area contributed by atoms with E-state index in [1.807, 2.05) is 0 Å². The number of carbonyl (C=O) groups excluding carboxylic acids is 2. The van der Waals surface area contributed by atoms with Gasteiger partial charge in [0.25, 0.3) is 5.91 Å². The molecule has 0 radical (unpaired) electrons. The third-order valence-electron chi connectivity index (χ3n) is 6.95. The molecule has 0 aliphatic heterocycles. The number of aromatic nitrogens is 2. The Morgan fingerprint density at radius 1 is 1.11 bits per heavy atom. The zero-order valence-corrected chi connectivity index (χ0v) is 19.7. The first kappa shape index (κ1) is 26.3. The zero-order chi connectivity index (χ0) is 26.3. The molecule has 1 aromatic carbocycles. The van der Waals surface area contributed by atoms with Crippen LogP contribution < -0.4 is 10.6 Å². The molecule has 3 N–H and O–H groups in total. The Bertz CT molecular complexity index is 1120. The van der Waals surface area contributed by atoms with Gasteiger partial charge in [-0.25, -0.2) is 18.2 Å². The third-order valence-corrected chi connectivity index (χ3v) is 6.95. The predicted octanol–water partition coefficient (Wildman–Crippen LogP) is 5.57. The van der Waals surface area contributed by atoms with E-state index in [1.165, 1.54) is 0 Å². The lowest BCUT2D eigenvalue weighted by Crippen LogP contribution is -2.41. The summed E-state index contributed by atoms with van der Waals surface area (Å²) in [4.78, 5) is 31.9. The van der Waals surface area contributed by atoms with Crippen molar-refractivity contribution in [2.45, 2.75) is 88.1 Å². The van der Waals surface area contributed by atoms with Gasteiger partial charge in [0, 0.05) is 19.3 Å². The van der Waals surface area contributed by atoms with Crippen LogP contribution in [0.1, 0.15) is 81.8 Å². The van der Waals surface area contributed by atoms with Crippen LogP contribution >= 0.6 is 0 Å². The van der Waals surface area contributed by atoms with Crippen LogP contribution in [0.3, 0.4) is 0 Å². The average Bonchev–Trinajstić information content (AvgIpc) is 3.41. The smallest absolute Gasteiger partial charge is 0.350 e. The van der Waals surface area contributed by atoms with Crippen LogP contribution in [0.25, 0.3) is 11.0 Å². The average molecular weight is 519 g/mol. The Kier molecular flexibility index (Phi) is 7.00. The van der Waals surface area contributed by atoms with Gasteiger partial charge in [0.1, 0.15) is 5.82 Å². The normalized spacial score (nSPS) is 21.1. The minimum absolute atomic E-state index is 0.115. The molecule has 0 unspecified atom stereocenters. The molecule has 1 heterocycles. The molecule has 0 bridgehead atoms. The Hall–Kier alpha value is -2.79. The number of halogens is 6. The molecule has 198 valence electrons. The maximum absolute atomic E-state index is 14.4. The molecule has 2 aliphatic carbocycles. The van der Waals surface area contributed by atoms with Gasteiger partial charge in [-0.05, 0) is 56.2 Å². The number of rotatable bonds is 8. The topological polar surface area (TPSA) is 86.9 Å². The number of nitrogens with one attached hydrogen (secondary N) is 3. The second kappa shape index (κ2) is 9.59. The van der Waals surface area contributed by atoms with Gasteiger partial charge < -0.3 is 15.6 Å². The summed E-state index contributed by atoms with van der Waals surface area (Å²) in [5, 5.41) is 5.21. The number of carbonyl (C=O) groups is 2. The molecule has 2 saturated carbocycles. The molecular weight excluding hydrogens is 490 g/mol. The van der Waals surface area contributed by atoms with Gasteiger partial charge in [0.15, 0.2) is 5.67 Å². The highest BCUT2D eigenvalue weighted by Crippen LogP contribution is 2.44. The number of hydrogen-bond acceptors (Lipinski definition) is 3. The summed E-state index contributed by atoms with van der Waals surface area (Å²) in [6.07, 6.45) is -6.47. The van der Waals surface area contributed by atoms with E-state index in [0.29, 0.717) is 22.4 Å². The Balaban J connectivity index is 1.52. The van der Waals surface area contributed by atoms with Gasteiger partial charge in [-0.2, -0.15) is 13.2 Å². The highest BCUT2D eigenvalue weighted by molar-refractivity contribution is 5.88. The van der Waals surface area contributed by atoms with Crippen LogP contribution in [0, 0.1) is 5.92 Å². The van der Waals surface area contributed by atoms with Crippen LogP contribution in [0.5, 0.6) is 0 Å². The highest BCUT2D eigenvalue weighted by atomic mass is 19.4. The van der Waals surface area contributed by atoms with E-state index in [9.17, 15) is 35.9 Å². The van der Waals surface area contributed by atoms with Gasteiger partial charge in [-0.15, -0.1) is 0 Å². The van der Waals surface area contributed by atoms with E-state index < -0.39 is 54.5 Å². The van der Waals surface area contributed by atoms with Crippen LogP contribution in [0.4, 0.5) is 26.3 Å². The van der Waals surface area contributed by atoms with Crippen molar-refractivity contribution in [3.63, 3.8) is 0 Å². The van der Waals surface area contributed by atoms with Crippen molar-refractivity contribution in [1.82, 2.24) is 20.6 Å². The fourth-order valence-electron chi connectivity index (χ4n) is 4.53. The molecule has 2 atom stereocenters. The summed E-state index contributed by atoms with van der Waals surface area (Å²) in [5.41, 5.74) is -0.293. The van der Waals surface area contributed by atoms with E-state index in [-0.39, 0.29) is 44.4 Å². The lowest BCUT2D eigenvalue weighted by Gasteiger charge is -2.33. The van der Waals surface area contributed by atoms with E-state index in [2.05, 4.69) is 20.6 Å². The molecular formula is C24H28F6N4O2. The Morgan fingerprint density at radius 2 is 1.78 bits per heavy atom. The van der Waals surface area contributed by atoms with E-state index in [0.717, 1.165) is 0 Å². The molecule has 0 spiro atoms. The van der Waals surface area contributed by atoms with Crippen molar-refractivity contribution < 1.29 is 35.9 Å². The second-order valence-electron chi connectivity index (χ2n) is 9.91. The molecule has 6 nitrogen and oxygen atoms in total. The van der Waals surface area contributed by atoms with Gasteiger partial charge in [-0.1, -0.05) is 6.07 Å². The maximum atomic E-state index is 14.4. The number of hydrogen-bond donors (Lipinski definition) is 3. The van der Waals surface area contributed by atoms with Crippen molar-refractivity contribution in [3.05, 3.63) is 29.6 Å². The molecule has 12 heteroatoms. The molecule has 1 aromatic heterocycles. The van der Waals surface area contributed by atoms with E-state index in [4.69, 9.17) is 0 Å². The van der Waals surface area contributed by atoms with Gasteiger partial charge in [0.05, 0.1) is 29.5 Å². The van der Waals surface area contributed by atoms with Crippen molar-refractivity contribution in [3.8, 4) is 0 Å². The first-order chi connectivity index (χ1) is 16.7. The number of fused-ring (bicyclic) bond motifs is 1. The standard InChI is InChI=1S/C24H28F6N4O2/c1-13(31-18(35)6-9-24(28,29)30)15-2-3-16-17(12-15)33-20(32-16)19(34-21(36)22(25)10-11-22)14-4-7-23(26,27)8-5-14/h2-3,12-14,19H,4-11H2,1H3,(H,31,35)(H,32,33)(H,34,36)/t13-,19+/m1/s1. The van der Waals surface area contributed by atoms with Crippen LogP contribution in [-0.4, -0.2) is 39.5 Å². The number of benzene rings is 1. The minimum atomic E-state index is -4.42. The molecule has 2 amide bonds. The van der Waals surface area contributed by atoms with Crippen LogP contribution in [0.2, 0.25) is 0 Å². The van der Waals surface area contributed by atoms with Crippen molar-refractivity contribution >= 4 is 22.8 Å². The lowest BCUT2D eigenvalue weighted by atomic mass is 9.81. The summed E-state index contributed by atoms with van der Waals surface area (Å²) in [7, 11) is 0. The van der Waals surface area contributed by atoms with Crippen LogP contribution in [0.15, 0.2) is 18.2 Å². The van der Waals surface area contributed by atoms with Crippen molar-refractivity contribution in [1.29, 1.82) is 0 Å². The Morgan fingerprint density at radius 3 is 2.39 bits per heavy atom. The largest absolute Gasteiger partial charge is 0.389 e. The quantitative estimate of drug-likeness (QED) is 0.400. The molecule has 2 aliphatic rings. The van der Waals surface area contributed by atoms with E-state index >= 15 is 0 Å². The highest BCUT2D eigenvalue weighted by Gasteiger charge is 2.52. The lowest BCUT2D eigenvalue weighted by molar-refractivity contribution is -0.144. The second-order valence-corrected chi connectivity index (χ2v) is 9.91. The summed E-state index contributed by atoms with van der Waals surface area (Å²) >= 11 is 0. The van der Waals surface area contributed by atoms with Gasteiger partial charge in [-0.3, -0.25) is 9.59 Å². The monoisotopic (exact) mass is 518 g/mol. The molecule has 4 rings (SSSR count). The van der Waals surface area contributed by atoms with Crippen molar-refractivity contribution in [2.24, 2.45) is 5.92 Å². The minimum Gasteiger partial charge on any atom is -0.350 e. The van der Waals surface area contributed by atoms with Crippen LogP contribution in [-0.2, 0) is 9.59 Å². The van der Waals surface area contributed by atoms with Gasteiger partial charge in [0.2, 0.25) is 11.8 Å². The molecule has 36 heavy (non-hydrogen) atoms. The van der Waals surface area contributed by atoms with Gasteiger partial charge >= 0.3 is 6.18 Å². The SMILES string of the molecule is C[C@@H](NC(=O)CCC(F)(F)F)c1ccc2nc([C@@H](NC(=O)C3(F)CC3)C3CCC(F)(F)CC3)[nH]c2c1. The van der Waals surface area contributed by atoms with Crippen molar-refractivity contribution in [2.75, 3.05) is 0 Å². The fourth-order valence-corrected chi connectivity index (χ4v) is 4.53. The maximum Gasteiger partial charge on any atom is 0.389 e. The van der Waals surface area contributed by atoms with E-state index in [1.54, 1.807) is 25.1 Å². The molecule has 0 saturated heterocycles. The summed E-state index contributed by atoms with van der Waals surface area (Å²) in [5.74, 6) is -4.32. The number of amides is 2. The Labute approximate surface area is 203 Å². The summed E-state index contributed by atoms with van der Waals surface area (Å²) in [6, 6.07) is 3.62. The fraction of sp³-hybridized carbons (Fsp3) is 0.625. The molecule has 2 fully saturated rings. The predicted molar refractivity (Wildman–Crippen MR) is 119 cm³/mol. The third kappa shape index (κ3) is 6.31. The summed E-state index contributed by atoms with van der Waals surface area (Å²) < 4.78 is 78.9. The first-order valence-electron chi connectivity index (χ1n) is 12.0. The first-order valence-corrected chi connectivity index (χ1v) is 12.0. The number of H-pyrrole nitrogens is 1. The molecule has 2 aromatic rings. The number of alkyl halides is 6. The number of imidazole rings is 1. The number of nitrogens with zero attached hydrogens (tertiary/aromatic N) is 1. The zero-order valence-electron chi connectivity index (χ0n) is 19.7.